The SMILES string of the molecule is CC(C)Oc1ccc(Cl)cc1C(=O)Nc1ccc(N2CCCS2(=O)=O)cc1. The summed E-state index contributed by atoms with van der Waals surface area (Å²) in [5.41, 5.74) is 1.48. The van der Waals surface area contributed by atoms with Gasteiger partial charge in [0.1, 0.15) is 5.75 Å². The van der Waals surface area contributed by atoms with E-state index in [4.69, 9.17) is 16.3 Å². The van der Waals surface area contributed by atoms with Crippen molar-refractivity contribution in [3.63, 3.8) is 0 Å². The topological polar surface area (TPSA) is 75.7 Å². The summed E-state index contributed by atoms with van der Waals surface area (Å²) in [6.07, 6.45) is 0.535. The van der Waals surface area contributed by atoms with E-state index in [1.807, 2.05) is 13.8 Å². The highest BCUT2D eigenvalue weighted by Crippen LogP contribution is 2.27. The van der Waals surface area contributed by atoms with Gasteiger partial charge in [-0.2, -0.15) is 0 Å². The molecule has 1 fully saturated rings. The quantitative estimate of drug-likeness (QED) is 0.813. The molecule has 1 amide bonds. The summed E-state index contributed by atoms with van der Waals surface area (Å²) < 4.78 is 31.1. The summed E-state index contributed by atoms with van der Waals surface area (Å²) in [4.78, 5) is 12.7. The highest BCUT2D eigenvalue weighted by molar-refractivity contribution is 7.93. The molecule has 2 aromatic rings. The Hall–Kier alpha value is -2.25. The van der Waals surface area contributed by atoms with Crippen molar-refractivity contribution in [2.45, 2.75) is 26.4 Å². The van der Waals surface area contributed by atoms with Crippen LogP contribution in [0.5, 0.6) is 5.75 Å². The molecule has 8 heteroatoms. The molecule has 3 rings (SSSR count). The largest absolute Gasteiger partial charge is 0.490 e. The van der Waals surface area contributed by atoms with E-state index in [-0.39, 0.29) is 17.8 Å². The van der Waals surface area contributed by atoms with E-state index in [0.29, 0.717) is 40.7 Å². The fourth-order valence-electron chi connectivity index (χ4n) is 2.88. The Morgan fingerprint density at radius 1 is 1.19 bits per heavy atom. The Kier molecular flexibility index (Phi) is 5.62. The monoisotopic (exact) mass is 408 g/mol. The first-order valence-corrected chi connectivity index (χ1v) is 10.6. The van der Waals surface area contributed by atoms with Crippen LogP contribution in [0.25, 0.3) is 0 Å². The number of amides is 1. The fraction of sp³-hybridized carbons (Fsp3) is 0.316. The van der Waals surface area contributed by atoms with Crippen LogP contribution >= 0.6 is 11.6 Å². The maximum Gasteiger partial charge on any atom is 0.259 e. The van der Waals surface area contributed by atoms with Crippen molar-refractivity contribution in [3.8, 4) is 5.75 Å². The van der Waals surface area contributed by atoms with Gasteiger partial charge in [-0.25, -0.2) is 8.42 Å². The summed E-state index contributed by atoms with van der Waals surface area (Å²) in [5.74, 6) is 0.264. The summed E-state index contributed by atoms with van der Waals surface area (Å²) in [7, 11) is -3.23. The predicted octanol–water partition coefficient (Wildman–Crippen LogP) is 3.92. The van der Waals surface area contributed by atoms with Gasteiger partial charge in [0.2, 0.25) is 10.0 Å². The number of hydrogen-bond acceptors (Lipinski definition) is 4. The Labute approximate surface area is 164 Å². The molecule has 1 heterocycles. The van der Waals surface area contributed by atoms with Crippen LogP contribution < -0.4 is 14.4 Å². The van der Waals surface area contributed by atoms with Crippen LogP contribution in [0.4, 0.5) is 11.4 Å². The molecule has 1 aliphatic rings. The van der Waals surface area contributed by atoms with Gasteiger partial charge in [0, 0.05) is 17.3 Å². The molecule has 27 heavy (non-hydrogen) atoms. The second-order valence-corrected chi connectivity index (χ2v) is 9.00. The number of rotatable bonds is 5. The summed E-state index contributed by atoms with van der Waals surface area (Å²) in [6.45, 7) is 4.23. The first kappa shape index (κ1) is 19.5. The molecule has 0 bridgehead atoms. The molecule has 0 atom stereocenters. The van der Waals surface area contributed by atoms with Gasteiger partial charge in [-0.1, -0.05) is 11.6 Å². The molecule has 1 N–H and O–H groups in total. The van der Waals surface area contributed by atoms with E-state index in [1.54, 1.807) is 42.5 Å². The average Bonchev–Trinajstić information content (AvgIpc) is 2.96. The van der Waals surface area contributed by atoms with E-state index in [1.165, 1.54) is 4.31 Å². The van der Waals surface area contributed by atoms with Gasteiger partial charge >= 0.3 is 0 Å². The first-order valence-electron chi connectivity index (χ1n) is 8.64. The maximum absolute atomic E-state index is 12.7. The van der Waals surface area contributed by atoms with Crippen molar-refractivity contribution < 1.29 is 17.9 Å². The molecule has 0 spiro atoms. The normalized spacial score (nSPS) is 15.8. The molecule has 2 aromatic carbocycles. The third-order valence-corrected chi connectivity index (χ3v) is 6.17. The van der Waals surface area contributed by atoms with Crippen LogP contribution in [0.15, 0.2) is 42.5 Å². The molecule has 0 saturated carbocycles. The summed E-state index contributed by atoms with van der Waals surface area (Å²) in [6, 6.07) is 11.6. The highest BCUT2D eigenvalue weighted by atomic mass is 35.5. The number of ether oxygens (including phenoxy) is 1. The van der Waals surface area contributed by atoms with E-state index in [2.05, 4.69) is 5.32 Å². The second kappa shape index (κ2) is 7.78. The van der Waals surface area contributed by atoms with Gasteiger partial charge in [-0.05, 0) is 62.7 Å². The molecule has 0 unspecified atom stereocenters. The van der Waals surface area contributed by atoms with Gasteiger partial charge in [0.25, 0.3) is 5.91 Å². The van der Waals surface area contributed by atoms with Crippen LogP contribution in [0, 0.1) is 0 Å². The Bertz CT molecular complexity index is 943. The lowest BCUT2D eigenvalue weighted by molar-refractivity contribution is 0.102. The molecular formula is C19H21ClN2O4S. The van der Waals surface area contributed by atoms with Crippen molar-refractivity contribution in [2.24, 2.45) is 0 Å². The number of halogens is 1. The van der Waals surface area contributed by atoms with Crippen molar-refractivity contribution in [1.29, 1.82) is 0 Å². The van der Waals surface area contributed by atoms with Crippen LogP contribution in [-0.2, 0) is 10.0 Å². The fourth-order valence-corrected chi connectivity index (χ4v) is 4.61. The van der Waals surface area contributed by atoms with Crippen LogP contribution in [-0.4, -0.2) is 32.7 Å². The number of benzene rings is 2. The zero-order valence-corrected chi connectivity index (χ0v) is 16.7. The Morgan fingerprint density at radius 2 is 1.89 bits per heavy atom. The van der Waals surface area contributed by atoms with Crippen molar-refractivity contribution in [1.82, 2.24) is 0 Å². The maximum atomic E-state index is 12.7. The lowest BCUT2D eigenvalue weighted by Gasteiger charge is -2.17. The Balaban J connectivity index is 1.78. The van der Waals surface area contributed by atoms with Crippen molar-refractivity contribution in [3.05, 3.63) is 53.1 Å². The van der Waals surface area contributed by atoms with E-state index in [9.17, 15) is 13.2 Å². The number of nitrogens with zero attached hydrogens (tertiary/aromatic N) is 1. The van der Waals surface area contributed by atoms with Crippen molar-refractivity contribution >= 4 is 38.9 Å². The molecule has 1 aliphatic heterocycles. The predicted molar refractivity (Wildman–Crippen MR) is 107 cm³/mol. The lowest BCUT2D eigenvalue weighted by Crippen LogP contribution is -2.25. The number of hydrogen-bond donors (Lipinski definition) is 1. The number of anilines is 2. The zero-order chi connectivity index (χ0) is 19.6. The molecule has 1 saturated heterocycles. The molecule has 0 radical (unpaired) electrons. The van der Waals surface area contributed by atoms with Crippen LogP contribution in [0.2, 0.25) is 5.02 Å². The Morgan fingerprint density at radius 3 is 2.48 bits per heavy atom. The van der Waals surface area contributed by atoms with Crippen LogP contribution in [0.1, 0.15) is 30.6 Å². The van der Waals surface area contributed by atoms with E-state index in [0.717, 1.165) is 0 Å². The van der Waals surface area contributed by atoms with Gasteiger partial charge in [0.15, 0.2) is 0 Å². The molecule has 6 nitrogen and oxygen atoms in total. The van der Waals surface area contributed by atoms with Gasteiger partial charge in [0.05, 0.1) is 23.1 Å². The summed E-state index contributed by atoms with van der Waals surface area (Å²) >= 11 is 6.02. The standard InChI is InChI=1S/C19H21ClN2O4S/c1-13(2)26-18-9-4-14(20)12-17(18)19(23)21-15-5-7-16(8-6-15)22-10-3-11-27(22,24)25/h4-9,12-13H,3,10-11H2,1-2H3,(H,21,23). The average molecular weight is 409 g/mol. The summed E-state index contributed by atoms with van der Waals surface area (Å²) in [5, 5.41) is 3.23. The molecule has 0 aromatic heterocycles. The second-order valence-electron chi connectivity index (χ2n) is 6.55. The number of carbonyl (C=O) groups excluding carboxylic acids is 1. The molecule has 0 aliphatic carbocycles. The number of nitrogens with one attached hydrogen (secondary N) is 1. The van der Waals surface area contributed by atoms with Gasteiger partial charge < -0.3 is 10.1 Å². The highest BCUT2D eigenvalue weighted by Gasteiger charge is 2.28. The molecular weight excluding hydrogens is 388 g/mol. The van der Waals surface area contributed by atoms with Gasteiger partial charge in [-0.3, -0.25) is 9.10 Å². The minimum Gasteiger partial charge on any atom is -0.490 e. The zero-order valence-electron chi connectivity index (χ0n) is 15.1. The van der Waals surface area contributed by atoms with E-state index >= 15 is 0 Å². The third-order valence-electron chi connectivity index (χ3n) is 4.06. The minimum atomic E-state index is -3.23. The number of sulfonamides is 1. The number of carbonyl (C=O) groups is 1. The third kappa shape index (κ3) is 4.54. The van der Waals surface area contributed by atoms with Gasteiger partial charge in [-0.15, -0.1) is 0 Å². The van der Waals surface area contributed by atoms with Crippen LogP contribution in [0.3, 0.4) is 0 Å². The first-order chi connectivity index (χ1) is 12.8. The smallest absolute Gasteiger partial charge is 0.259 e. The lowest BCUT2D eigenvalue weighted by atomic mass is 10.1. The minimum absolute atomic E-state index is 0.0839. The molecule has 144 valence electrons. The van der Waals surface area contributed by atoms with E-state index < -0.39 is 10.0 Å². The van der Waals surface area contributed by atoms with Crippen molar-refractivity contribution in [2.75, 3.05) is 21.9 Å².